The molecule has 0 aliphatic carbocycles. The first kappa shape index (κ1) is 21.0. The summed E-state index contributed by atoms with van der Waals surface area (Å²) in [5.74, 6) is -2.47. The highest BCUT2D eigenvalue weighted by Crippen LogP contribution is 2.43. The molecule has 1 unspecified atom stereocenters. The molecule has 3 rings (SSSR count). The zero-order valence-electron chi connectivity index (χ0n) is 16.3. The van der Waals surface area contributed by atoms with E-state index in [1.807, 2.05) is 0 Å². The Morgan fingerprint density at radius 3 is 2.17 bits per heavy atom. The summed E-state index contributed by atoms with van der Waals surface area (Å²) in [6.07, 6.45) is 0. The highest BCUT2D eigenvalue weighted by Gasteiger charge is 2.42. The van der Waals surface area contributed by atoms with Crippen molar-refractivity contribution < 1.29 is 19.1 Å². The lowest BCUT2D eigenvalue weighted by Crippen LogP contribution is -2.40. The van der Waals surface area contributed by atoms with E-state index in [1.165, 1.54) is 19.1 Å². The second kappa shape index (κ2) is 8.72. The van der Waals surface area contributed by atoms with Crippen LogP contribution >= 0.6 is 11.6 Å². The number of nitrogens with two attached hydrogens (primary N) is 1. The van der Waals surface area contributed by atoms with Crippen LogP contribution in [0.4, 0.5) is 5.69 Å². The molecule has 2 aromatic carbocycles. The number of hydrogen-bond acceptors (Lipinski definition) is 7. The average molecular weight is 424 g/mol. The number of nitriles is 1. The second-order valence-electron chi connectivity index (χ2n) is 6.31. The number of halogens is 1. The van der Waals surface area contributed by atoms with Gasteiger partial charge in [-0.1, -0.05) is 41.9 Å². The summed E-state index contributed by atoms with van der Waals surface area (Å²) >= 11 is 5.98. The number of methoxy groups -OCH3 is 2. The first-order chi connectivity index (χ1) is 14.4. The van der Waals surface area contributed by atoms with E-state index < -0.39 is 17.9 Å². The van der Waals surface area contributed by atoms with Gasteiger partial charge in [0.1, 0.15) is 11.5 Å². The molecule has 0 saturated heterocycles. The zero-order chi connectivity index (χ0) is 21.8. The van der Waals surface area contributed by atoms with Crippen molar-refractivity contribution in [2.45, 2.75) is 5.92 Å². The Morgan fingerprint density at radius 2 is 1.63 bits per heavy atom. The highest BCUT2D eigenvalue weighted by molar-refractivity contribution is 6.30. The maximum atomic E-state index is 12.9. The molecule has 1 heterocycles. The molecule has 0 fully saturated rings. The van der Waals surface area contributed by atoms with Gasteiger partial charge in [0.25, 0.3) is 0 Å². The standard InChI is InChI=1S/C22H18ClN3O4/c1-29-21(27)18-17(13-6-4-3-5-7-13)16(12-24)20(25)26(19(18)22(28)30-2)15-10-8-14(23)9-11-15/h3-11,17H,25H2,1-2H3. The van der Waals surface area contributed by atoms with E-state index in [4.69, 9.17) is 26.8 Å². The smallest absolute Gasteiger partial charge is 0.355 e. The Labute approximate surface area is 178 Å². The van der Waals surface area contributed by atoms with Crippen LogP contribution < -0.4 is 10.6 Å². The van der Waals surface area contributed by atoms with E-state index in [1.54, 1.807) is 54.6 Å². The van der Waals surface area contributed by atoms with Crippen molar-refractivity contribution in [3.8, 4) is 6.07 Å². The van der Waals surface area contributed by atoms with E-state index in [9.17, 15) is 14.9 Å². The third kappa shape index (κ3) is 3.61. The number of hydrogen-bond donors (Lipinski definition) is 1. The minimum absolute atomic E-state index is 0.00160. The number of allylic oxidation sites excluding steroid dienone is 1. The third-order valence-electron chi connectivity index (χ3n) is 4.70. The number of carbonyl (C=O) groups is 2. The summed E-state index contributed by atoms with van der Waals surface area (Å²) in [6.45, 7) is 0. The molecule has 0 radical (unpaired) electrons. The molecular formula is C22H18ClN3O4. The van der Waals surface area contributed by atoms with Crippen LogP contribution in [0, 0.1) is 11.3 Å². The van der Waals surface area contributed by atoms with Crippen LogP contribution in [0.25, 0.3) is 0 Å². The third-order valence-corrected chi connectivity index (χ3v) is 4.95. The van der Waals surface area contributed by atoms with Gasteiger partial charge in [0.2, 0.25) is 0 Å². The first-order valence-corrected chi connectivity index (χ1v) is 9.23. The summed E-state index contributed by atoms with van der Waals surface area (Å²) in [4.78, 5) is 27.0. The fourth-order valence-electron chi connectivity index (χ4n) is 3.37. The molecule has 1 aliphatic rings. The van der Waals surface area contributed by atoms with Gasteiger partial charge >= 0.3 is 11.9 Å². The van der Waals surface area contributed by atoms with Crippen molar-refractivity contribution >= 4 is 29.2 Å². The second-order valence-corrected chi connectivity index (χ2v) is 6.75. The minimum Gasteiger partial charge on any atom is -0.466 e. The Kier molecular flexibility index (Phi) is 6.09. The van der Waals surface area contributed by atoms with Gasteiger partial charge in [0.05, 0.1) is 37.4 Å². The van der Waals surface area contributed by atoms with Crippen LogP contribution in [0.15, 0.2) is 77.3 Å². The van der Waals surface area contributed by atoms with Crippen LogP contribution in [-0.4, -0.2) is 26.2 Å². The van der Waals surface area contributed by atoms with Crippen molar-refractivity contribution in [3.63, 3.8) is 0 Å². The molecule has 0 spiro atoms. The van der Waals surface area contributed by atoms with Gasteiger partial charge in [0.15, 0.2) is 0 Å². The quantitative estimate of drug-likeness (QED) is 0.752. The summed E-state index contributed by atoms with van der Waals surface area (Å²) in [6, 6.07) is 17.3. The number of rotatable bonds is 4. The largest absolute Gasteiger partial charge is 0.466 e. The molecule has 0 aromatic heterocycles. The summed E-state index contributed by atoms with van der Waals surface area (Å²) in [5.41, 5.74) is 7.34. The van der Waals surface area contributed by atoms with Crippen LogP contribution in [-0.2, 0) is 19.1 Å². The molecule has 7 nitrogen and oxygen atoms in total. The monoisotopic (exact) mass is 423 g/mol. The van der Waals surface area contributed by atoms with Crippen molar-refractivity contribution in [1.29, 1.82) is 5.26 Å². The number of carbonyl (C=O) groups excluding carboxylic acids is 2. The van der Waals surface area contributed by atoms with Gasteiger partial charge in [-0.2, -0.15) is 5.26 Å². The Bertz CT molecular complexity index is 1090. The van der Waals surface area contributed by atoms with Gasteiger partial charge < -0.3 is 15.2 Å². The van der Waals surface area contributed by atoms with Crippen LogP contribution in [0.3, 0.4) is 0 Å². The summed E-state index contributed by atoms with van der Waals surface area (Å²) in [5, 5.41) is 10.4. The fraction of sp³-hybridized carbons (Fsp3) is 0.136. The van der Waals surface area contributed by atoms with Gasteiger partial charge in [-0.15, -0.1) is 0 Å². The zero-order valence-corrected chi connectivity index (χ0v) is 17.0. The van der Waals surface area contributed by atoms with Crippen LogP contribution in [0.1, 0.15) is 11.5 Å². The number of anilines is 1. The topological polar surface area (TPSA) is 106 Å². The number of esters is 2. The number of nitrogens with zero attached hydrogens (tertiary/aromatic N) is 2. The van der Waals surface area contributed by atoms with E-state index in [0.29, 0.717) is 16.3 Å². The average Bonchev–Trinajstić information content (AvgIpc) is 2.78. The maximum absolute atomic E-state index is 12.9. The Balaban J connectivity index is 2.39. The van der Waals surface area contributed by atoms with Crippen LogP contribution in [0.5, 0.6) is 0 Å². The van der Waals surface area contributed by atoms with Crippen LogP contribution in [0.2, 0.25) is 5.02 Å². The van der Waals surface area contributed by atoms with Gasteiger partial charge in [-0.05, 0) is 29.8 Å². The molecule has 30 heavy (non-hydrogen) atoms. The number of benzene rings is 2. The molecule has 0 bridgehead atoms. The van der Waals surface area contributed by atoms with E-state index in [-0.39, 0.29) is 22.7 Å². The van der Waals surface area contributed by atoms with E-state index >= 15 is 0 Å². The van der Waals surface area contributed by atoms with Gasteiger partial charge in [-0.3, -0.25) is 4.90 Å². The molecule has 2 aromatic rings. The molecular weight excluding hydrogens is 406 g/mol. The molecule has 2 N–H and O–H groups in total. The maximum Gasteiger partial charge on any atom is 0.355 e. The van der Waals surface area contributed by atoms with E-state index in [2.05, 4.69) is 6.07 Å². The highest BCUT2D eigenvalue weighted by atomic mass is 35.5. The molecule has 0 amide bonds. The molecule has 152 valence electrons. The number of ether oxygens (including phenoxy) is 2. The van der Waals surface area contributed by atoms with Gasteiger partial charge in [-0.25, -0.2) is 9.59 Å². The summed E-state index contributed by atoms with van der Waals surface area (Å²) in [7, 11) is 2.40. The Morgan fingerprint density at radius 1 is 1.03 bits per heavy atom. The predicted octanol–water partition coefficient (Wildman–Crippen LogP) is 3.24. The SMILES string of the molecule is COC(=O)C1=C(C(=O)OC)N(c2ccc(Cl)cc2)C(N)=C(C#N)C1c1ccccc1. The van der Waals surface area contributed by atoms with Crippen molar-refractivity contribution in [2.24, 2.45) is 5.73 Å². The van der Waals surface area contributed by atoms with Crippen molar-refractivity contribution in [3.05, 3.63) is 87.8 Å². The van der Waals surface area contributed by atoms with Crippen molar-refractivity contribution in [2.75, 3.05) is 19.1 Å². The van der Waals surface area contributed by atoms with Gasteiger partial charge in [0, 0.05) is 10.7 Å². The lowest BCUT2D eigenvalue weighted by Gasteiger charge is -2.35. The lowest BCUT2D eigenvalue weighted by atomic mass is 9.81. The lowest BCUT2D eigenvalue weighted by molar-refractivity contribution is -0.139. The molecule has 1 atom stereocenters. The molecule has 1 aliphatic heterocycles. The normalized spacial score (nSPS) is 16.2. The minimum atomic E-state index is -0.902. The van der Waals surface area contributed by atoms with Crippen molar-refractivity contribution in [1.82, 2.24) is 0 Å². The predicted molar refractivity (Wildman–Crippen MR) is 111 cm³/mol. The molecule has 0 saturated carbocycles. The molecule has 8 heteroatoms. The fourth-order valence-corrected chi connectivity index (χ4v) is 3.50. The van der Waals surface area contributed by atoms with E-state index in [0.717, 1.165) is 0 Å². The summed E-state index contributed by atoms with van der Waals surface area (Å²) < 4.78 is 9.93. The Hall–Kier alpha value is -3.76. The first-order valence-electron chi connectivity index (χ1n) is 8.85.